The highest BCUT2D eigenvalue weighted by molar-refractivity contribution is 6.45. The van der Waals surface area contributed by atoms with Crippen molar-refractivity contribution in [3.63, 3.8) is 0 Å². The number of aliphatic hydroxyl groups is 1. The number of nitrogens with zero attached hydrogens (tertiary/aromatic N) is 2. The molecule has 3 rings (SSSR count). The summed E-state index contributed by atoms with van der Waals surface area (Å²) in [7, 11) is -0.678. The predicted molar refractivity (Wildman–Crippen MR) is 98.2 cm³/mol. The summed E-state index contributed by atoms with van der Waals surface area (Å²) >= 11 is 0. The van der Waals surface area contributed by atoms with E-state index in [9.17, 15) is 10.1 Å². The summed E-state index contributed by atoms with van der Waals surface area (Å²) in [6, 6.07) is 9.30. The maximum atomic E-state index is 10.4. The van der Waals surface area contributed by atoms with Crippen LogP contribution >= 0.6 is 0 Å². The van der Waals surface area contributed by atoms with E-state index in [2.05, 4.69) is 4.98 Å². The van der Waals surface area contributed by atoms with Gasteiger partial charge in [0, 0.05) is 36.7 Å². The lowest BCUT2D eigenvalue weighted by atomic mass is 9.83. The molecule has 7 heteroatoms. The first kappa shape index (κ1) is 17.7. The Morgan fingerprint density at radius 2 is 2.28 bits per heavy atom. The molecule has 6 nitrogen and oxygen atoms in total. The van der Waals surface area contributed by atoms with Crippen LogP contribution in [0.3, 0.4) is 0 Å². The highest BCUT2D eigenvalue weighted by Crippen LogP contribution is 2.29. The van der Waals surface area contributed by atoms with Gasteiger partial charge in [-0.25, -0.2) is 0 Å². The van der Waals surface area contributed by atoms with Gasteiger partial charge in [-0.15, -0.1) is 0 Å². The lowest BCUT2D eigenvalue weighted by Crippen LogP contribution is -2.46. The molecule has 2 aromatic rings. The number of benzene rings is 1. The first-order valence-corrected chi connectivity index (χ1v) is 8.58. The average Bonchev–Trinajstić information content (AvgIpc) is 2.61. The Labute approximate surface area is 148 Å². The second kappa shape index (κ2) is 7.86. The Morgan fingerprint density at radius 1 is 1.44 bits per heavy atom. The van der Waals surface area contributed by atoms with E-state index in [4.69, 9.17) is 10.5 Å². The number of aryl methyl sites for hydroxylation is 1. The van der Waals surface area contributed by atoms with Crippen molar-refractivity contribution in [3.05, 3.63) is 53.9 Å². The summed E-state index contributed by atoms with van der Waals surface area (Å²) in [4.78, 5) is 5.85. The molecular formula is C18H24BN3O3. The van der Waals surface area contributed by atoms with E-state index < -0.39 is 13.2 Å². The van der Waals surface area contributed by atoms with Crippen molar-refractivity contribution in [1.29, 1.82) is 0 Å². The molecule has 25 heavy (non-hydrogen) atoms. The quantitative estimate of drug-likeness (QED) is 0.545. The molecule has 4 N–H and O–H groups in total. The smallest absolute Gasteiger partial charge is 0.376 e. The Kier molecular flexibility index (Phi) is 5.58. The van der Waals surface area contributed by atoms with Gasteiger partial charge in [0.2, 0.25) is 0 Å². The van der Waals surface area contributed by atoms with E-state index in [1.54, 1.807) is 25.3 Å². The van der Waals surface area contributed by atoms with Gasteiger partial charge in [-0.05, 0) is 49.5 Å². The van der Waals surface area contributed by atoms with Crippen molar-refractivity contribution in [2.45, 2.75) is 31.9 Å². The Hall–Kier alpha value is -2.09. The summed E-state index contributed by atoms with van der Waals surface area (Å²) in [5, 5.41) is 20.5. The minimum atomic E-state index is -0.709. The molecule has 2 atom stereocenters. The zero-order valence-electron chi connectivity index (χ0n) is 14.4. The maximum Gasteiger partial charge on any atom is 0.376 e. The van der Waals surface area contributed by atoms with Gasteiger partial charge >= 0.3 is 7.05 Å². The van der Waals surface area contributed by atoms with Gasteiger partial charge in [0.05, 0.1) is 6.10 Å². The van der Waals surface area contributed by atoms with Gasteiger partial charge in [-0.1, -0.05) is 6.07 Å². The fraction of sp³-hybridized carbons (Fsp3) is 0.389. The van der Waals surface area contributed by atoms with Crippen molar-refractivity contribution < 1.29 is 14.9 Å². The van der Waals surface area contributed by atoms with E-state index in [1.807, 2.05) is 29.1 Å². The van der Waals surface area contributed by atoms with Crippen LogP contribution in [-0.2, 0) is 6.42 Å². The summed E-state index contributed by atoms with van der Waals surface area (Å²) in [6.07, 6.45) is 4.31. The maximum absolute atomic E-state index is 10.4. The van der Waals surface area contributed by atoms with Crippen LogP contribution in [0.2, 0.25) is 6.82 Å². The Balaban J connectivity index is 1.63. The van der Waals surface area contributed by atoms with Crippen molar-refractivity contribution >= 4 is 12.7 Å². The molecular weight excluding hydrogens is 317 g/mol. The summed E-state index contributed by atoms with van der Waals surface area (Å²) in [6.45, 7) is 2.56. The van der Waals surface area contributed by atoms with Crippen LogP contribution in [0.4, 0.5) is 5.69 Å². The third-order valence-electron chi connectivity index (χ3n) is 4.56. The fourth-order valence-corrected chi connectivity index (χ4v) is 3.14. The first-order valence-electron chi connectivity index (χ1n) is 8.58. The second-order valence-corrected chi connectivity index (χ2v) is 6.53. The molecule has 0 spiro atoms. The number of nitrogens with two attached hydrogens (primary N) is 1. The monoisotopic (exact) mass is 341 g/mol. The first-order chi connectivity index (χ1) is 12.0. The molecule has 1 aromatic heterocycles. The topological polar surface area (TPSA) is 91.8 Å². The van der Waals surface area contributed by atoms with E-state index in [1.165, 1.54) is 0 Å². The zero-order valence-corrected chi connectivity index (χ0v) is 14.4. The number of aromatic nitrogens is 1. The number of rotatable bonds is 6. The zero-order chi connectivity index (χ0) is 17.8. The molecule has 0 amide bonds. The van der Waals surface area contributed by atoms with Gasteiger partial charge in [0.15, 0.2) is 0 Å². The van der Waals surface area contributed by atoms with Gasteiger partial charge in [0.1, 0.15) is 11.9 Å². The number of hydrogen-bond donors (Lipinski definition) is 3. The predicted octanol–water partition coefficient (Wildman–Crippen LogP) is 1.50. The number of anilines is 1. The van der Waals surface area contributed by atoms with Gasteiger partial charge < -0.3 is 25.4 Å². The molecule has 1 aliphatic rings. The lowest BCUT2D eigenvalue weighted by molar-refractivity contribution is 0.101. The van der Waals surface area contributed by atoms with Crippen LogP contribution in [0.25, 0.3) is 0 Å². The second-order valence-electron chi connectivity index (χ2n) is 6.53. The molecule has 0 radical (unpaired) electrons. The molecule has 0 bridgehead atoms. The van der Waals surface area contributed by atoms with Crippen LogP contribution in [0.1, 0.15) is 23.7 Å². The normalized spacial score (nSPS) is 17.7. The molecule has 1 aliphatic heterocycles. The van der Waals surface area contributed by atoms with E-state index in [-0.39, 0.29) is 6.10 Å². The highest BCUT2D eigenvalue weighted by Gasteiger charge is 2.27. The summed E-state index contributed by atoms with van der Waals surface area (Å²) in [5.41, 5.74) is 8.41. The molecule has 2 heterocycles. The van der Waals surface area contributed by atoms with Crippen molar-refractivity contribution in [2.24, 2.45) is 0 Å². The largest absolute Gasteiger partial charge is 0.489 e. The average molecular weight is 341 g/mol. The third-order valence-corrected chi connectivity index (χ3v) is 4.56. The molecule has 0 saturated heterocycles. The summed E-state index contributed by atoms with van der Waals surface area (Å²) in [5.74, 6) is 0.851. The van der Waals surface area contributed by atoms with Crippen molar-refractivity contribution in [2.75, 3.05) is 18.8 Å². The Morgan fingerprint density at radius 3 is 3.00 bits per heavy atom. The van der Waals surface area contributed by atoms with Crippen LogP contribution in [-0.4, -0.2) is 46.2 Å². The van der Waals surface area contributed by atoms with Crippen LogP contribution < -0.4 is 10.5 Å². The lowest BCUT2D eigenvalue weighted by Gasteiger charge is -2.33. The standard InChI is InChI=1S/C18H24BN3O3/c1-19(24)22(12-17(23)14-3-2-8-21-10-14)11-16-6-4-13-9-15(20)5-7-18(13)25-16/h2-3,5,7-10,16-17,23-24H,4,6,11-12,20H2,1H3/t16-,17+/m1/s1. The summed E-state index contributed by atoms with van der Waals surface area (Å²) < 4.78 is 6.05. The van der Waals surface area contributed by atoms with Crippen molar-refractivity contribution in [1.82, 2.24) is 9.79 Å². The third kappa shape index (κ3) is 4.51. The molecule has 0 aliphatic carbocycles. The SMILES string of the molecule is CB(O)N(C[C@H]1CCc2cc(N)ccc2O1)C[C@H](O)c1cccnc1. The van der Waals surface area contributed by atoms with Gasteiger partial charge in [0.25, 0.3) is 0 Å². The number of fused-ring (bicyclic) bond motifs is 1. The number of nitrogen functional groups attached to an aromatic ring is 1. The molecule has 1 aromatic carbocycles. The van der Waals surface area contributed by atoms with E-state index in [0.717, 1.165) is 35.4 Å². The number of ether oxygens (including phenoxy) is 1. The highest BCUT2D eigenvalue weighted by atomic mass is 16.5. The molecule has 0 unspecified atom stereocenters. The minimum Gasteiger partial charge on any atom is -0.489 e. The minimum absolute atomic E-state index is 0.0353. The van der Waals surface area contributed by atoms with Gasteiger partial charge in [-0.2, -0.15) is 0 Å². The number of hydrogen-bond acceptors (Lipinski definition) is 6. The van der Waals surface area contributed by atoms with Crippen LogP contribution in [0, 0.1) is 0 Å². The fourth-order valence-electron chi connectivity index (χ4n) is 3.14. The van der Waals surface area contributed by atoms with E-state index in [0.29, 0.717) is 13.1 Å². The number of pyridine rings is 1. The van der Waals surface area contributed by atoms with Gasteiger partial charge in [-0.3, -0.25) is 4.98 Å². The molecule has 0 saturated carbocycles. The molecule has 132 valence electrons. The Bertz CT molecular complexity index is 699. The van der Waals surface area contributed by atoms with Crippen LogP contribution in [0.5, 0.6) is 5.75 Å². The molecule has 0 fully saturated rings. The number of aliphatic hydroxyl groups excluding tert-OH is 1. The van der Waals surface area contributed by atoms with Crippen molar-refractivity contribution in [3.8, 4) is 5.75 Å². The van der Waals surface area contributed by atoms with E-state index >= 15 is 0 Å². The van der Waals surface area contributed by atoms with Crippen LogP contribution in [0.15, 0.2) is 42.7 Å².